The van der Waals surface area contributed by atoms with Crippen LogP contribution in [0.4, 0.5) is 5.69 Å². The molecule has 0 bridgehead atoms. The van der Waals surface area contributed by atoms with Crippen molar-refractivity contribution in [1.29, 1.82) is 0 Å². The molecule has 1 heterocycles. The molecule has 0 atom stereocenters. The van der Waals surface area contributed by atoms with Crippen LogP contribution in [0.2, 0.25) is 0 Å². The number of sulfonamides is 1. The highest BCUT2D eigenvalue weighted by atomic mass is 32.2. The fraction of sp³-hybridized carbons (Fsp3) is 0.381. The average Bonchev–Trinajstić information content (AvgIpc) is 3.36. The Hall–Kier alpha value is -2.12. The molecule has 28 heavy (non-hydrogen) atoms. The molecule has 5 nitrogen and oxygen atoms in total. The predicted octanol–water partition coefficient (Wildman–Crippen LogP) is 5.06. The maximum Gasteiger partial charge on any atom is 0.350 e. The van der Waals surface area contributed by atoms with Crippen molar-refractivity contribution in [2.75, 3.05) is 11.8 Å². The Labute approximate surface area is 170 Å². The number of allylic oxidation sites excluding steroid dienone is 1. The van der Waals surface area contributed by atoms with E-state index < -0.39 is 16.0 Å². The fourth-order valence-electron chi connectivity index (χ4n) is 2.76. The molecule has 1 aromatic heterocycles. The molecule has 1 aliphatic carbocycles. The molecule has 150 valence electrons. The van der Waals surface area contributed by atoms with Crippen molar-refractivity contribution in [1.82, 2.24) is 0 Å². The van der Waals surface area contributed by atoms with E-state index in [1.54, 1.807) is 17.5 Å². The number of nitrogens with one attached hydrogen (secondary N) is 1. The number of benzene rings is 1. The zero-order valence-corrected chi connectivity index (χ0v) is 18.1. The van der Waals surface area contributed by atoms with Gasteiger partial charge in [-0.2, -0.15) is 0 Å². The van der Waals surface area contributed by atoms with Crippen molar-refractivity contribution in [3.8, 4) is 0 Å². The van der Waals surface area contributed by atoms with E-state index >= 15 is 0 Å². The molecule has 1 fully saturated rings. The van der Waals surface area contributed by atoms with Gasteiger partial charge in [0.1, 0.15) is 4.88 Å². The number of carbonyl (C=O) groups is 1. The number of rotatable bonds is 6. The quantitative estimate of drug-likeness (QED) is 0.665. The number of ether oxygens (including phenoxy) is 1. The van der Waals surface area contributed by atoms with Gasteiger partial charge in [0.25, 0.3) is 10.0 Å². The summed E-state index contributed by atoms with van der Waals surface area (Å²) in [6.07, 6.45) is 6.27. The average molecular weight is 420 g/mol. The Morgan fingerprint density at radius 3 is 2.57 bits per heavy atom. The van der Waals surface area contributed by atoms with E-state index in [4.69, 9.17) is 4.74 Å². The summed E-state index contributed by atoms with van der Waals surface area (Å²) in [7, 11) is -2.60. The summed E-state index contributed by atoms with van der Waals surface area (Å²) in [6, 6.07) is 6.98. The maximum absolute atomic E-state index is 13.1. The Kier molecular flexibility index (Phi) is 5.68. The maximum atomic E-state index is 13.1. The summed E-state index contributed by atoms with van der Waals surface area (Å²) < 4.78 is 33.5. The predicted molar refractivity (Wildman–Crippen MR) is 113 cm³/mol. The molecule has 7 heteroatoms. The summed E-state index contributed by atoms with van der Waals surface area (Å²) in [5.41, 5.74) is 1.85. The van der Waals surface area contributed by atoms with Crippen LogP contribution in [0.3, 0.4) is 0 Å². The van der Waals surface area contributed by atoms with Gasteiger partial charge in [-0.1, -0.05) is 39.0 Å². The van der Waals surface area contributed by atoms with Crippen LogP contribution in [0, 0.1) is 5.92 Å². The Morgan fingerprint density at radius 1 is 1.25 bits per heavy atom. The number of hydrogen-bond acceptors (Lipinski definition) is 5. The van der Waals surface area contributed by atoms with Crippen LogP contribution >= 0.6 is 11.3 Å². The molecule has 3 rings (SSSR count). The van der Waals surface area contributed by atoms with E-state index in [0.29, 0.717) is 11.5 Å². The van der Waals surface area contributed by atoms with Crippen LogP contribution in [-0.2, 0) is 20.2 Å². The lowest BCUT2D eigenvalue weighted by atomic mass is 9.86. The van der Waals surface area contributed by atoms with Crippen molar-refractivity contribution in [3.05, 3.63) is 51.7 Å². The van der Waals surface area contributed by atoms with Gasteiger partial charge in [0.15, 0.2) is 0 Å². The minimum atomic E-state index is -3.87. The molecule has 0 amide bonds. The molecule has 0 saturated heterocycles. The smallest absolute Gasteiger partial charge is 0.350 e. The number of hydrogen-bond donors (Lipinski definition) is 1. The first-order valence-electron chi connectivity index (χ1n) is 9.13. The molecule has 1 N–H and O–H groups in total. The molecule has 1 aliphatic rings. The largest absolute Gasteiger partial charge is 0.465 e. The molecule has 1 saturated carbocycles. The number of anilines is 1. The number of carbonyl (C=O) groups excluding carboxylic acids is 1. The third-order valence-corrected chi connectivity index (χ3v) is 6.95. The van der Waals surface area contributed by atoms with Crippen LogP contribution in [-0.4, -0.2) is 21.5 Å². The second kappa shape index (κ2) is 7.72. The van der Waals surface area contributed by atoms with Gasteiger partial charge in [0, 0.05) is 0 Å². The molecule has 0 aliphatic heterocycles. The third kappa shape index (κ3) is 4.64. The van der Waals surface area contributed by atoms with Crippen molar-refractivity contribution >= 4 is 39.1 Å². The first kappa shape index (κ1) is 20.6. The molecule has 2 aromatic rings. The highest BCUT2D eigenvalue weighted by molar-refractivity contribution is 7.92. The molecular formula is C21H25NO4S2. The van der Waals surface area contributed by atoms with E-state index in [1.165, 1.54) is 7.11 Å². The minimum Gasteiger partial charge on any atom is -0.465 e. The normalized spacial score (nSPS) is 15.0. The summed E-state index contributed by atoms with van der Waals surface area (Å²) in [5.74, 6) is -0.0331. The zero-order chi connectivity index (χ0) is 20.5. The number of esters is 1. The molecule has 0 spiro atoms. The highest BCUT2D eigenvalue weighted by Gasteiger charge is 2.25. The van der Waals surface area contributed by atoms with Gasteiger partial charge in [-0.05, 0) is 58.9 Å². The molecule has 1 aromatic carbocycles. The minimum absolute atomic E-state index is 0.0939. The van der Waals surface area contributed by atoms with Gasteiger partial charge in [-0.15, -0.1) is 11.3 Å². The molecule has 0 unspecified atom stereocenters. The van der Waals surface area contributed by atoms with Crippen LogP contribution in [0.5, 0.6) is 0 Å². The molecular weight excluding hydrogens is 394 g/mol. The topological polar surface area (TPSA) is 72.5 Å². The lowest BCUT2D eigenvalue weighted by molar-refractivity contribution is 0.0607. The van der Waals surface area contributed by atoms with Gasteiger partial charge in [0.05, 0.1) is 17.7 Å². The summed E-state index contributed by atoms with van der Waals surface area (Å²) >= 11 is 1.14. The first-order valence-corrected chi connectivity index (χ1v) is 11.5. The second-order valence-electron chi connectivity index (χ2n) is 7.96. The van der Waals surface area contributed by atoms with E-state index in [0.717, 1.165) is 29.7 Å². The van der Waals surface area contributed by atoms with Gasteiger partial charge in [-0.25, -0.2) is 13.2 Å². The van der Waals surface area contributed by atoms with E-state index in [9.17, 15) is 13.2 Å². The summed E-state index contributed by atoms with van der Waals surface area (Å²) in [5, 5.41) is 1.65. The Balaban J connectivity index is 2.01. The standard InChI is InChI=1S/C21H25NO4S2/c1-21(2,3)16-9-10-18(15(13-16)8-7-14-5-6-14)28(24,25)22-17-11-12-27-19(17)20(23)26-4/h7-14,22H,5-6H2,1-4H3. The first-order chi connectivity index (χ1) is 13.1. The van der Waals surface area contributed by atoms with Crippen molar-refractivity contribution in [3.63, 3.8) is 0 Å². The Bertz CT molecular complexity index is 1010. The SMILES string of the molecule is COC(=O)c1sccc1NS(=O)(=O)c1ccc(C(C)(C)C)cc1C=CC1CC1. The fourth-order valence-corrected chi connectivity index (χ4v) is 4.84. The van der Waals surface area contributed by atoms with Gasteiger partial charge in [-0.3, -0.25) is 4.72 Å². The van der Waals surface area contributed by atoms with Gasteiger partial charge in [0.2, 0.25) is 0 Å². The Morgan fingerprint density at radius 2 is 1.96 bits per heavy atom. The van der Waals surface area contributed by atoms with Crippen molar-refractivity contribution in [2.24, 2.45) is 5.92 Å². The van der Waals surface area contributed by atoms with Gasteiger partial charge < -0.3 is 4.74 Å². The highest BCUT2D eigenvalue weighted by Crippen LogP contribution is 2.34. The lowest BCUT2D eigenvalue weighted by Crippen LogP contribution is -2.17. The zero-order valence-electron chi connectivity index (χ0n) is 16.5. The van der Waals surface area contributed by atoms with Crippen LogP contribution in [0.25, 0.3) is 6.08 Å². The van der Waals surface area contributed by atoms with Gasteiger partial charge >= 0.3 is 5.97 Å². The van der Waals surface area contributed by atoms with Crippen molar-refractivity contribution in [2.45, 2.75) is 43.9 Å². The molecule has 0 radical (unpaired) electrons. The van der Waals surface area contributed by atoms with E-state index in [1.807, 2.05) is 18.2 Å². The van der Waals surface area contributed by atoms with Crippen LogP contribution in [0.15, 0.2) is 40.6 Å². The van der Waals surface area contributed by atoms with E-state index in [2.05, 4.69) is 31.6 Å². The number of thiophene rings is 1. The van der Waals surface area contributed by atoms with Crippen molar-refractivity contribution < 1.29 is 17.9 Å². The monoisotopic (exact) mass is 419 g/mol. The summed E-state index contributed by atoms with van der Waals surface area (Å²) in [4.78, 5) is 12.3. The van der Waals surface area contributed by atoms with Crippen LogP contribution < -0.4 is 4.72 Å². The van der Waals surface area contributed by atoms with E-state index in [-0.39, 0.29) is 20.9 Å². The third-order valence-electron chi connectivity index (χ3n) is 4.62. The lowest BCUT2D eigenvalue weighted by Gasteiger charge is -2.21. The summed E-state index contributed by atoms with van der Waals surface area (Å²) in [6.45, 7) is 6.28. The number of methoxy groups -OCH3 is 1. The second-order valence-corrected chi connectivity index (χ2v) is 10.5. The van der Waals surface area contributed by atoms with Crippen LogP contribution in [0.1, 0.15) is 54.4 Å².